The van der Waals surface area contributed by atoms with Crippen LogP contribution in [0, 0.1) is 11.3 Å². The average molecular weight is 377 g/mol. The number of amides is 1. The van der Waals surface area contributed by atoms with Gasteiger partial charge in [-0.15, -0.1) is 0 Å². The number of phenols is 1. The van der Waals surface area contributed by atoms with Gasteiger partial charge < -0.3 is 15.2 Å². The molecule has 128 valence electrons. The molecule has 0 bridgehead atoms. The predicted molar refractivity (Wildman–Crippen MR) is 98.0 cm³/mol. The standard InChI is InChI=1S/C18H14Cl2N2O3/c1-2-25-16-9-11(6-7-15(16)23)8-12(10-21)18(24)22-14-5-3-4-13(19)17(14)20/h3-9,23H,2H2,1H3,(H,22,24). The average Bonchev–Trinajstić information content (AvgIpc) is 2.59. The topological polar surface area (TPSA) is 82.3 Å². The molecule has 0 saturated carbocycles. The predicted octanol–water partition coefficient (Wildman–Crippen LogP) is 4.64. The van der Waals surface area contributed by atoms with Gasteiger partial charge in [-0.25, -0.2) is 0 Å². The van der Waals surface area contributed by atoms with E-state index in [0.717, 1.165) is 0 Å². The molecule has 2 rings (SSSR count). The Kier molecular flexibility index (Phi) is 6.29. The number of anilines is 1. The zero-order valence-corrected chi connectivity index (χ0v) is 14.7. The van der Waals surface area contributed by atoms with Crippen LogP contribution in [0.5, 0.6) is 11.5 Å². The molecule has 7 heteroatoms. The van der Waals surface area contributed by atoms with E-state index < -0.39 is 5.91 Å². The molecule has 2 aromatic rings. The molecule has 0 radical (unpaired) electrons. The van der Waals surface area contributed by atoms with Crippen molar-refractivity contribution in [2.75, 3.05) is 11.9 Å². The Morgan fingerprint density at radius 1 is 1.36 bits per heavy atom. The molecule has 0 aromatic heterocycles. The first-order valence-electron chi connectivity index (χ1n) is 7.29. The number of rotatable bonds is 5. The fourth-order valence-corrected chi connectivity index (χ4v) is 2.34. The van der Waals surface area contributed by atoms with E-state index in [1.165, 1.54) is 18.2 Å². The molecule has 0 aliphatic rings. The van der Waals surface area contributed by atoms with E-state index in [-0.39, 0.29) is 22.1 Å². The van der Waals surface area contributed by atoms with Crippen LogP contribution in [-0.2, 0) is 4.79 Å². The van der Waals surface area contributed by atoms with Gasteiger partial charge in [-0.2, -0.15) is 5.26 Å². The Bertz CT molecular complexity index is 873. The van der Waals surface area contributed by atoms with E-state index in [2.05, 4.69) is 5.32 Å². The molecule has 0 spiro atoms. The second-order valence-corrected chi connectivity index (χ2v) is 5.67. The third kappa shape index (κ3) is 4.66. The lowest BCUT2D eigenvalue weighted by Crippen LogP contribution is -2.13. The van der Waals surface area contributed by atoms with E-state index in [9.17, 15) is 15.2 Å². The lowest BCUT2D eigenvalue weighted by Gasteiger charge is -2.08. The van der Waals surface area contributed by atoms with Crippen molar-refractivity contribution in [3.63, 3.8) is 0 Å². The fourth-order valence-electron chi connectivity index (χ4n) is 2.00. The Hall–Kier alpha value is -2.68. The maximum atomic E-state index is 12.3. The highest BCUT2D eigenvalue weighted by atomic mass is 35.5. The number of carbonyl (C=O) groups excluding carboxylic acids is 1. The van der Waals surface area contributed by atoms with Crippen molar-refractivity contribution in [1.29, 1.82) is 5.26 Å². The molecule has 0 aliphatic heterocycles. The van der Waals surface area contributed by atoms with Crippen LogP contribution in [0.2, 0.25) is 10.0 Å². The number of hydrogen-bond donors (Lipinski definition) is 2. The first kappa shape index (κ1) is 18.7. The maximum Gasteiger partial charge on any atom is 0.266 e. The lowest BCUT2D eigenvalue weighted by atomic mass is 10.1. The highest BCUT2D eigenvalue weighted by Crippen LogP contribution is 2.30. The SMILES string of the molecule is CCOc1cc(C=C(C#N)C(=O)Nc2cccc(Cl)c2Cl)ccc1O. The maximum absolute atomic E-state index is 12.3. The van der Waals surface area contributed by atoms with E-state index in [1.54, 1.807) is 31.2 Å². The van der Waals surface area contributed by atoms with Crippen LogP contribution in [-0.4, -0.2) is 17.6 Å². The van der Waals surface area contributed by atoms with Crippen molar-refractivity contribution in [3.8, 4) is 17.6 Å². The van der Waals surface area contributed by atoms with Crippen LogP contribution in [0.3, 0.4) is 0 Å². The first-order chi connectivity index (χ1) is 12.0. The molecule has 0 heterocycles. The summed E-state index contributed by atoms with van der Waals surface area (Å²) in [5.41, 5.74) is 0.704. The zero-order valence-electron chi connectivity index (χ0n) is 13.2. The summed E-state index contributed by atoms with van der Waals surface area (Å²) >= 11 is 11.9. The van der Waals surface area contributed by atoms with Gasteiger partial charge in [0.25, 0.3) is 5.91 Å². The third-order valence-corrected chi connectivity index (χ3v) is 3.98. The first-order valence-corrected chi connectivity index (χ1v) is 8.04. The van der Waals surface area contributed by atoms with Crippen LogP contribution >= 0.6 is 23.2 Å². The molecule has 2 aromatic carbocycles. The molecular weight excluding hydrogens is 363 g/mol. The number of phenolic OH excluding ortho intramolecular Hbond substituents is 1. The number of hydrogen-bond acceptors (Lipinski definition) is 4. The Labute approximate surface area is 155 Å². The summed E-state index contributed by atoms with van der Waals surface area (Å²) in [7, 11) is 0. The molecular formula is C18H14Cl2N2O3. The molecule has 25 heavy (non-hydrogen) atoms. The number of benzene rings is 2. The number of ether oxygens (including phenoxy) is 1. The van der Waals surface area contributed by atoms with Gasteiger partial charge in [0, 0.05) is 0 Å². The van der Waals surface area contributed by atoms with E-state index in [1.807, 2.05) is 6.07 Å². The molecule has 0 atom stereocenters. The molecule has 0 saturated heterocycles. The summed E-state index contributed by atoms with van der Waals surface area (Å²) in [5, 5.41) is 22.0. The summed E-state index contributed by atoms with van der Waals surface area (Å²) in [4.78, 5) is 12.3. The monoisotopic (exact) mass is 376 g/mol. The second-order valence-electron chi connectivity index (χ2n) is 4.89. The molecule has 5 nitrogen and oxygen atoms in total. The van der Waals surface area contributed by atoms with Crippen LogP contribution in [0.1, 0.15) is 12.5 Å². The molecule has 2 N–H and O–H groups in total. The molecule has 0 fully saturated rings. The van der Waals surface area contributed by atoms with Gasteiger partial charge in [0.1, 0.15) is 11.6 Å². The number of aromatic hydroxyl groups is 1. The van der Waals surface area contributed by atoms with Gasteiger partial charge in [-0.05, 0) is 42.8 Å². The van der Waals surface area contributed by atoms with Crippen molar-refractivity contribution in [1.82, 2.24) is 0 Å². The van der Waals surface area contributed by atoms with Crippen molar-refractivity contribution >= 4 is 40.9 Å². The van der Waals surface area contributed by atoms with Crippen molar-refractivity contribution in [2.45, 2.75) is 6.92 Å². The second kappa shape index (κ2) is 8.43. The zero-order chi connectivity index (χ0) is 18.4. The quantitative estimate of drug-likeness (QED) is 0.587. The fraction of sp³-hybridized carbons (Fsp3) is 0.111. The van der Waals surface area contributed by atoms with E-state index >= 15 is 0 Å². The minimum atomic E-state index is -0.627. The third-order valence-electron chi connectivity index (χ3n) is 3.16. The highest BCUT2D eigenvalue weighted by Gasteiger charge is 2.13. The van der Waals surface area contributed by atoms with Crippen molar-refractivity contribution in [2.24, 2.45) is 0 Å². The summed E-state index contributed by atoms with van der Waals surface area (Å²) in [6.07, 6.45) is 1.38. The van der Waals surface area contributed by atoms with E-state index in [4.69, 9.17) is 27.9 Å². The molecule has 0 unspecified atom stereocenters. The number of nitriles is 1. The Balaban J connectivity index is 2.28. The smallest absolute Gasteiger partial charge is 0.266 e. The number of nitrogens with one attached hydrogen (secondary N) is 1. The van der Waals surface area contributed by atoms with Gasteiger partial charge in [-0.3, -0.25) is 4.79 Å². The Morgan fingerprint density at radius 3 is 2.80 bits per heavy atom. The molecule has 1 amide bonds. The van der Waals surface area contributed by atoms with Gasteiger partial charge >= 0.3 is 0 Å². The van der Waals surface area contributed by atoms with Crippen LogP contribution < -0.4 is 10.1 Å². The van der Waals surface area contributed by atoms with E-state index in [0.29, 0.717) is 22.9 Å². The summed E-state index contributed by atoms with van der Waals surface area (Å²) in [6.45, 7) is 2.16. The minimum absolute atomic E-state index is 0.0207. The largest absolute Gasteiger partial charge is 0.504 e. The lowest BCUT2D eigenvalue weighted by molar-refractivity contribution is -0.112. The van der Waals surface area contributed by atoms with Gasteiger partial charge in [-0.1, -0.05) is 35.3 Å². The number of carbonyl (C=O) groups is 1. The van der Waals surface area contributed by atoms with Crippen LogP contribution in [0.25, 0.3) is 6.08 Å². The summed E-state index contributed by atoms with van der Waals surface area (Å²) in [5.74, 6) is -0.378. The number of nitrogens with zero attached hydrogens (tertiary/aromatic N) is 1. The molecule has 0 aliphatic carbocycles. The van der Waals surface area contributed by atoms with Gasteiger partial charge in [0.2, 0.25) is 0 Å². The normalized spacial score (nSPS) is 10.9. The van der Waals surface area contributed by atoms with Gasteiger partial charge in [0.05, 0.1) is 22.3 Å². The number of halogens is 2. The summed E-state index contributed by atoms with van der Waals surface area (Å²) < 4.78 is 5.28. The van der Waals surface area contributed by atoms with Crippen LogP contribution in [0.4, 0.5) is 5.69 Å². The van der Waals surface area contributed by atoms with Crippen molar-refractivity contribution in [3.05, 3.63) is 57.6 Å². The van der Waals surface area contributed by atoms with Crippen LogP contribution in [0.15, 0.2) is 42.0 Å². The highest BCUT2D eigenvalue weighted by molar-refractivity contribution is 6.44. The van der Waals surface area contributed by atoms with Gasteiger partial charge in [0.15, 0.2) is 11.5 Å². The van der Waals surface area contributed by atoms with Crippen molar-refractivity contribution < 1.29 is 14.6 Å². The summed E-state index contributed by atoms with van der Waals surface area (Å²) in [6, 6.07) is 11.2. The Morgan fingerprint density at radius 2 is 2.12 bits per heavy atom. The minimum Gasteiger partial charge on any atom is -0.504 e.